The lowest BCUT2D eigenvalue weighted by atomic mass is 10.1. The predicted octanol–water partition coefficient (Wildman–Crippen LogP) is 4.73. The van der Waals surface area contributed by atoms with Crippen molar-refractivity contribution in [2.45, 2.75) is 33.7 Å². The molecule has 0 fully saturated rings. The topological polar surface area (TPSA) is 21.3 Å². The van der Waals surface area contributed by atoms with Crippen LogP contribution in [0.5, 0.6) is 11.5 Å². The highest BCUT2D eigenvalue weighted by Crippen LogP contribution is 2.26. The quantitative estimate of drug-likeness (QED) is 0.775. The number of benzene rings is 2. The minimum absolute atomic E-state index is 0.262. The Morgan fingerprint density at radius 2 is 1.86 bits per heavy atom. The molecule has 2 aromatic rings. The lowest BCUT2D eigenvalue weighted by Gasteiger charge is -2.10. The van der Waals surface area contributed by atoms with Gasteiger partial charge in [-0.25, -0.2) is 4.39 Å². The molecule has 0 amide bonds. The van der Waals surface area contributed by atoms with Crippen molar-refractivity contribution in [3.05, 3.63) is 58.9 Å². The van der Waals surface area contributed by atoms with Gasteiger partial charge in [-0.05, 0) is 67.8 Å². The number of nitrogens with one attached hydrogen (secondary N) is 1. The number of hydrogen-bond acceptors (Lipinski definition) is 2. The van der Waals surface area contributed by atoms with E-state index in [0.29, 0.717) is 12.3 Å². The number of aryl methyl sites for hydroxylation is 2. The van der Waals surface area contributed by atoms with Crippen molar-refractivity contribution >= 4 is 0 Å². The second-order valence-electron chi connectivity index (χ2n) is 5.29. The third kappa shape index (κ3) is 4.30. The van der Waals surface area contributed by atoms with Crippen LogP contribution in [-0.4, -0.2) is 6.54 Å². The maximum atomic E-state index is 14.1. The van der Waals surface area contributed by atoms with E-state index in [2.05, 4.69) is 12.2 Å². The molecular formula is C18H22FNO. The Balaban J connectivity index is 2.08. The van der Waals surface area contributed by atoms with Crippen molar-refractivity contribution in [3.63, 3.8) is 0 Å². The zero-order chi connectivity index (χ0) is 15.2. The summed E-state index contributed by atoms with van der Waals surface area (Å²) in [6.07, 6.45) is 1.07. The largest absolute Gasteiger partial charge is 0.454 e. The number of ether oxygens (including phenoxy) is 1. The Morgan fingerprint density at radius 1 is 1.05 bits per heavy atom. The molecule has 0 saturated heterocycles. The molecule has 112 valence electrons. The van der Waals surface area contributed by atoms with Crippen LogP contribution in [0.3, 0.4) is 0 Å². The fraction of sp³-hybridized carbons (Fsp3) is 0.333. The van der Waals surface area contributed by atoms with Crippen LogP contribution < -0.4 is 10.1 Å². The van der Waals surface area contributed by atoms with Gasteiger partial charge in [0.25, 0.3) is 0 Å². The van der Waals surface area contributed by atoms with Gasteiger partial charge >= 0.3 is 0 Å². The molecule has 2 nitrogen and oxygen atoms in total. The fourth-order valence-corrected chi connectivity index (χ4v) is 2.05. The summed E-state index contributed by atoms with van der Waals surface area (Å²) in [5.41, 5.74) is 3.25. The first kappa shape index (κ1) is 15.5. The monoisotopic (exact) mass is 287 g/mol. The van der Waals surface area contributed by atoms with E-state index in [4.69, 9.17) is 4.74 Å². The van der Waals surface area contributed by atoms with Crippen molar-refractivity contribution in [1.29, 1.82) is 0 Å². The summed E-state index contributed by atoms with van der Waals surface area (Å²) >= 11 is 0. The van der Waals surface area contributed by atoms with Crippen LogP contribution in [0.4, 0.5) is 4.39 Å². The van der Waals surface area contributed by atoms with Gasteiger partial charge in [-0.3, -0.25) is 0 Å². The highest BCUT2D eigenvalue weighted by Gasteiger charge is 2.07. The maximum Gasteiger partial charge on any atom is 0.166 e. The Bertz CT molecular complexity index is 610. The van der Waals surface area contributed by atoms with Crippen molar-refractivity contribution in [1.82, 2.24) is 5.32 Å². The highest BCUT2D eigenvalue weighted by atomic mass is 19.1. The minimum atomic E-state index is -0.330. The van der Waals surface area contributed by atoms with Crippen LogP contribution >= 0.6 is 0 Å². The molecule has 0 saturated carbocycles. The summed E-state index contributed by atoms with van der Waals surface area (Å²) in [7, 11) is 0. The van der Waals surface area contributed by atoms with Gasteiger partial charge in [-0.15, -0.1) is 0 Å². The van der Waals surface area contributed by atoms with Crippen molar-refractivity contribution in [2.75, 3.05) is 6.54 Å². The first-order valence-electron chi connectivity index (χ1n) is 7.34. The zero-order valence-electron chi connectivity index (χ0n) is 12.9. The summed E-state index contributed by atoms with van der Waals surface area (Å²) in [5, 5.41) is 3.25. The number of rotatable bonds is 6. The molecule has 0 atom stereocenters. The van der Waals surface area contributed by atoms with Crippen LogP contribution in [0.25, 0.3) is 0 Å². The average Bonchev–Trinajstić information content (AvgIpc) is 2.46. The van der Waals surface area contributed by atoms with Crippen LogP contribution in [0, 0.1) is 19.7 Å². The van der Waals surface area contributed by atoms with Gasteiger partial charge in [0.2, 0.25) is 0 Å². The zero-order valence-corrected chi connectivity index (χ0v) is 12.9. The van der Waals surface area contributed by atoms with E-state index in [1.54, 1.807) is 6.07 Å². The van der Waals surface area contributed by atoms with Crippen LogP contribution in [0.15, 0.2) is 36.4 Å². The second-order valence-corrected chi connectivity index (χ2v) is 5.29. The lowest BCUT2D eigenvalue weighted by Crippen LogP contribution is -2.13. The molecule has 2 rings (SSSR count). The van der Waals surface area contributed by atoms with Crippen LogP contribution in [0.1, 0.15) is 30.0 Å². The summed E-state index contributed by atoms with van der Waals surface area (Å²) in [5.74, 6) is 0.593. The minimum Gasteiger partial charge on any atom is -0.454 e. The Labute approximate surface area is 126 Å². The third-order valence-electron chi connectivity index (χ3n) is 3.46. The Kier molecular flexibility index (Phi) is 5.34. The maximum absolute atomic E-state index is 14.1. The molecule has 2 aromatic carbocycles. The Hall–Kier alpha value is -1.87. The summed E-state index contributed by atoms with van der Waals surface area (Å²) in [6, 6.07) is 10.9. The molecule has 0 spiro atoms. The van der Waals surface area contributed by atoms with Crippen LogP contribution in [0.2, 0.25) is 0 Å². The predicted molar refractivity (Wildman–Crippen MR) is 84.4 cm³/mol. The van der Waals surface area contributed by atoms with Gasteiger partial charge in [0, 0.05) is 6.54 Å². The molecule has 0 unspecified atom stereocenters. The van der Waals surface area contributed by atoms with Crippen molar-refractivity contribution in [2.24, 2.45) is 0 Å². The van der Waals surface area contributed by atoms with Crippen molar-refractivity contribution < 1.29 is 9.13 Å². The molecule has 0 radical (unpaired) electrons. The molecule has 1 N–H and O–H groups in total. The third-order valence-corrected chi connectivity index (χ3v) is 3.46. The fourth-order valence-electron chi connectivity index (χ4n) is 2.05. The van der Waals surface area contributed by atoms with Crippen molar-refractivity contribution in [3.8, 4) is 11.5 Å². The summed E-state index contributed by atoms with van der Waals surface area (Å²) in [6.45, 7) is 7.77. The van der Waals surface area contributed by atoms with Gasteiger partial charge in [0.15, 0.2) is 11.6 Å². The summed E-state index contributed by atoms with van der Waals surface area (Å²) in [4.78, 5) is 0. The normalized spacial score (nSPS) is 10.7. The van der Waals surface area contributed by atoms with E-state index in [9.17, 15) is 4.39 Å². The highest BCUT2D eigenvalue weighted by molar-refractivity contribution is 5.38. The molecular weight excluding hydrogens is 265 g/mol. The second kappa shape index (κ2) is 7.23. The molecule has 0 aliphatic heterocycles. The number of halogens is 1. The Morgan fingerprint density at radius 3 is 2.52 bits per heavy atom. The molecule has 0 aliphatic rings. The smallest absolute Gasteiger partial charge is 0.166 e. The molecule has 0 aliphatic carbocycles. The molecule has 0 bridgehead atoms. The lowest BCUT2D eigenvalue weighted by molar-refractivity contribution is 0.441. The van der Waals surface area contributed by atoms with E-state index in [0.717, 1.165) is 24.1 Å². The van der Waals surface area contributed by atoms with E-state index >= 15 is 0 Å². The average molecular weight is 287 g/mol. The van der Waals surface area contributed by atoms with E-state index in [1.807, 2.05) is 38.1 Å². The van der Waals surface area contributed by atoms with Gasteiger partial charge in [-0.1, -0.05) is 19.1 Å². The molecule has 0 heterocycles. The van der Waals surface area contributed by atoms with Gasteiger partial charge in [-0.2, -0.15) is 0 Å². The van der Waals surface area contributed by atoms with E-state index in [-0.39, 0.29) is 11.6 Å². The molecule has 0 aromatic heterocycles. The van der Waals surface area contributed by atoms with E-state index in [1.165, 1.54) is 11.6 Å². The molecule has 21 heavy (non-hydrogen) atoms. The first-order valence-corrected chi connectivity index (χ1v) is 7.34. The SMILES string of the molecule is CCCNCc1ccc(Oc2ccc(C)c(C)c2)c(F)c1. The van der Waals surface area contributed by atoms with Gasteiger partial charge in [0.1, 0.15) is 5.75 Å². The molecule has 3 heteroatoms. The van der Waals surface area contributed by atoms with Gasteiger partial charge in [0.05, 0.1) is 0 Å². The standard InChI is InChI=1S/C18H22FNO/c1-4-9-20-12-15-6-8-18(17(19)11-15)21-16-7-5-13(2)14(3)10-16/h5-8,10-11,20H,4,9,12H2,1-3H3. The van der Waals surface area contributed by atoms with Gasteiger partial charge < -0.3 is 10.1 Å². The van der Waals surface area contributed by atoms with E-state index < -0.39 is 0 Å². The summed E-state index contributed by atoms with van der Waals surface area (Å²) < 4.78 is 19.7. The first-order chi connectivity index (χ1) is 10.1. The van der Waals surface area contributed by atoms with Crippen LogP contribution in [-0.2, 0) is 6.54 Å². The number of hydrogen-bond donors (Lipinski definition) is 1.